The minimum Gasteiger partial charge on any atom is -0.381 e. The van der Waals surface area contributed by atoms with E-state index in [0.717, 1.165) is 31.7 Å². The third kappa shape index (κ3) is 2.73. The van der Waals surface area contributed by atoms with Gasteiger partial charge in [-0.25, -0.2) is 0 Å². The highest BCUT2D eigenvalue weighted by molar-refractivity contribution is 5.48. The summed E-state index contributed by atoms with van der Waals surface area (Å²) >= 11 is 0. The van der Waals surface area contributed by atoms with Crippen molar-refractivity contribution in [2.24, 2.45) is 5.92 Å². The van der Waals surface area contributed by atoms with Crippen LogP contribution in [0.15, 0.2) is 18.5 Å². The molecule has 1 aromatic rings. The zero-order valence-electron chi connectivity index (χ0n) is 10.1. The summed E-state index contributed by atoms with van der Waals surface area (Å²) < 4.78 is 5.38. The Morgan fingerprint density at radius 2 is 2.19 bits per heavy atom. The van der Waals surface area contributed by atoms with Crippen LogP contribution in [0, 0.1) is 12.8 Å². The van der Waals surface area contributed by atoms with Crippen LogP contribution in [0.5, 0.6) is 0 Å². The highest BCUT2D eigenvalue weighted by Crippen LogP contribution is 2.22. The number of rotatable bonds is 3. The van der Waals surface area contributed by atoms with Crippen molar-refractivity contribution < 1.29 is 4.74 Å². The van der Waals surface area contributed by atoms with E-state index in [1.807, 2.05) is 18.5 Å². The van der Waals surface area contributed by atoms with E-state index in [-0.39, 0.29) is 0 Å². The van der Waals surface area contributed by atoms with E-state index >= 15 is 0 Å². The summed E-state index contributed by atoms with van der Waals surface area (Å²) in [5, 5.41) is 3.56. The third-order valence-electron chi connectivity index (χ3n) is 3.40. The average molecular weight is 220 g/mol. The predicted molar refractivity (Wildman–Crippen MR) is 65.6 cm³/mol. The van der Waals surface area contributed by atoms with E-state index in [4.69, 9.17) is 4.74 Å². The number of aromatic nitrogens is 1. The van der Waals surface area contributed by atoms with Crippen LogP contribution in [0.3, 0.4) is 0 Å². The molecule has 3 heteroatoms. The molecule has 1 fully saturated rings. The lowest BCUT2D eigenvalue weighted by molar-refractivity contribution is 0.0622. The Morgan fingerprint density at radius 3 is 2.88 bits per heavy atom. The molecular formula is C13H20N2O. The van der Waals surface area contributed by atoms with Crippen LogP contribution >= 0.6 is 0 Å². The Labute approximate surface area is 97.2 Å². The van der Waals surface area contributed by atoms with Gasteiger partial charge in [0.25, 0.3) is 0 Å². The molecular weight excluding hydrogens is 200 g/mol. The van der Waals surface area contributed by atoms with Crippen LogP contribution in [0.4, 0.5) is 5.69 Å². The Balaban J connectivity index is 1.96. The molecule has 0 saturated carbocycles. The van der Waals surface area contributed by atoms with Crippen molar-refractivity contribution in [3.05, 3.63) is 24.0 Å². The largest absolute Gasteiger partial charge is 0.381 e. The first kappa shape index (κ1) is 11.4. The SMILES string of the molecule is Cc1ccncc1NC(C)C1CCOCC1. The van der Waals surface area contributed by atoms with Gasteiger partial charge >= 0.3 is 0 Å². The zero-order chi connectivity index (χ0) is 11.4. The van der Waals surface area contributed by atoms with E-state index in [1.54, 1.807) is 0 Å². The summed E-state index contributed by atoms with van der Waals surface area (Å²) in [7, 11) is 0. The van der Waals surface area contributed by atoms with Crippen molar-refractivity contribution in [2.45, 2.75) is 32.7 Å². The molecule has 0 bridgehead atoms. The summed E-state index contributed by atoms with van der Waals surface area (Å²) in [5.41, 5.74) is 2.41. The van der Waals surface area contributed by atoms with E-state index in [9.17, 15) is 0 Å². The van der Waals surface area contributed by atoms with Gasteiger partial charge in [-0.2, -0.15) is 0 Å². The summed E-state index contributed by atoms with van der Waals surface area (Å²) in [4.78, 5) is 4.16. The number of nitrogens with one attached hydrogen (secondary N) is 1. The number of aryl methyl sites for hydroxylation is 1. The second kappa shape index (κ2) is 5.30. The fourth-order valence-corrected chi connectivity index (χ4v) is 2.19. The minimum atomic E-state index is 0.492. The number of pyridine rings is 1. The molecule has 1 N–H and O–H groups in total. The molecule has 1 aromatic heterocycles. The Bertz CT molecular complexity index is 334. The second-order valence-corrected chi connectivity index (χ2v) is 4.57. The quantitative estimate of drug-likeness (QED) is 0.850. The lowest BCUT2D eigenvalue weighted by Gasteiger charge is -2.29. The highest BCUT2D eigenvalue weighted by Gasteiger charge is 2.20. The van der Waals surface area contributed by atoms with Gasteiger partial charge in [-0.1, -0.05) is 0 Å². The molecule has 0 aromatic carbocycles. The van der Waals surface area contributed by atoms with Gasteiger partial charge in [-0.3, -0.25) is 4.98 Å². The normalized spacial score (nSPS) is 19.4. The van der Waals surface area contributed by atoms with Crippen molar-refractivity contribution in [1.82, 2.24) is 4.98 Å². The second-order valence-electron chi connectivity index (χ2n) is 4.57. The predicted octanol–water partition coefficient (Wildman–Crippen LogP) is 2.62. The summed E-state index contributed by atoms with van der Waals surface area (Å²) in [6.07, 6.45) is 6.06. The number of hydrogen-bond donors (Lipinski definition) is 1. The fraction of sp³-hybridized carbons (Fsp3) is 0.615. The van der Waals surface area contributed by atoms with Crippen LogP contribution < -0.4 is 5.32 Å². The van der Waals surface area contributed by atoms with Gasteiger partial charge in [0.05, 0.1) is 11.9 Å². The first-order valence-electron chi connectivity index (χ1n) is 6.02. The molecule has 0 spiro atoms. The Hall–Kier alpha value is -1.09. The standard InChI is InChI=1S/C13H20N2O/c1-10-3-6-14-9-13(10)15-11(2)12-4-7-16-8-5-12/h3,6,9,11-12,15H,4-5,7-8H2,1-2H3. The first-order valence-corrected chi connectivity index (χ1v) is 6.02. The molecule has 0 aliphatic carbocycles. The van der Waals surface area contributed by atoms with Crippen molar-refractivity contribution in [1.29, 1.82) is 0 Å². The topological polar surface area (TPSA) is 34.2 Å². The fourth-order valence-electron chi connectivity index (χ4n) is 2.19. The molecule has 16 heavy (non-hydrogen) atoms. The van der Waals surface area contributed by atoms with E-state index < -0.39 is 0 Å². The molecule has 1 unspecified atom stereocenters. The Kier molecular flexibility index (Phi) is 3.78. The minimum absolute atomic E-state index is 0.492. The van der Waals surface area contributed by atoms with Gasteiger partial charge < -0.3 is 10.1 Å². The third-order valence-corrected chi connectivity index (χ3v) is 3.40. The molecule has 1 aliphatic heterocycles. The van der Waals surface area contributed by atoms with Crippen molar-refractivity contribution in [3.8, 4) is 0 Å². The first-order chi connectivity index (χ1) is 7.77. The van der Waals surface area contributed by atoms with Crippen molar-refractivity contribution in [2.75, 3.05) is 18.5 Å². The van der Waals surface area contributed by atoms with E-state index in [0.29, 0.717) is 12.0 Å². The lowest BCUT2D eigenvalue weighted by atomic mass is 9.92. The maximum Gasteiger partial charge on any atom is 0.0558 e. The van der Waals surface area contributed by atoms with E-state index in [1.165, 1.54) is 5.56 Å². The average Bonchev–Trinajstić information content (AvgIpc) is 2.33. The van der Waals surface area contributed by atoms with Crippen molar-refractivity contribution in [3.63, 3.8) is 0 Å². The summed E-state index contributed by atoms with van der Waals surface area (Å²) in [5.74, 6) is 0.716. The number of hydrogen-bond acceptors (Lipinski definition) is 3. The number of anilines is 1. The molecule has 0 amide bonds. The van der Waals surface area contributed by atoms with Gasteiger partial charge in [-0.15, -0.1) is 0 Å². The molecule has 1 atom stereocenters. The number of nitrogens with zero attached hydrogens (tertiary/aromatic N) is 1. The molecule has 88 valence electrons. The summed E-state index contributed by atoms with van der Waals surface area (Å²) in [6, 6.07) is 2.53. The van der Waals surface area contributed by atoms with Crippen molar-refractivity contribution >= 4 is 5.69 Å². The van der Waals surface area contributed by atoms with Crippen LogP contribution in [-0.2, 0) is 4.74 Å². The maximum atomic E-state index is 5.38. The van der Waals surface area contributed by atoms with Crippen LogP contribution in [-0.4, -0.2) is 24.2 Å². The summed E-state index contributed by atoms with van der Waals surface area (Å²) in [6.45, 7) is 6.18. The van der Waals surface area contributed by atoms with Gasteiger partial charge in [-0.05, 0) is 44.2 Å². The van der Waals surface area contributed by atoms with Gasteiger partial charge in [0.15, 0.2) is 0 Å². The smallest absolute Gasteiger partial charge is 0.0558 e. The van der Waals surface area contributed by atoms with Crippen LogP contribution in [0.1, 0.15) is 25.3 Å². The van der Waals surface area contributed by atoms with Gasteiger partial charge in [0, 0.05) is 25.5 Å². The molecule has 1 saturated heterocycles. The number of ether oxygens (including phenoxy) is 1. The highest BCUT2D eigenvalue weighted by atomic mass is 16.5. The van der Waals surface area contributed by atoms with Gasteiger partial charge in [0.2, 0.25) is 0 Å². The maximum absolute atomic E-state index is 5.38. The Morgan fingerprint density at radius 1 is 1.44 bits per heavy atom. The molecule has 1 aliphatic rings. The van der Waals surface area contributed by atoms with Crippen LogP contribution in [0.2, 0.25) is 0 Å². The molecule has 2 rings (SSSR count). The molecule has 0 radical (unpaired) electrons. The van der Waals surface area contributed by atoms with E-state index in [2.05, 4.69) is 24.1 Å². The lowest BCUT2D eigenvalue weighted by Crippen LogP contribution is -2.31. The molecule has 3 nitrogen and oxygen atoms in total. The molecule has 2 heterocycles. The van der Waals surface area contributed by atoms with Gasteiger partial charge in [0.1, 0.15) is 0 Å². The van der Waals surface area contributed by atoms with Crippen LogP contribution in [0.25, 0.3) is 0 Å². The zero-order valence-corrected chi connectivity index (χ0v) is 10.1. The monoisotopic (exact) mass is 220 g/mol.